The van der Waals surface area contributed by atoms with Crippen molar-refractivity contribution in [3.63, 3.8) is 0 Å². The van der Waals surface area contributed by atoms with Crippen LogP contribution in [0.2, 0.25) is 0 Å². The van der Waals surface area contributed by atoms with Crippen molar-refractivity contribution in [3.05, 3.63) is 65.5 Å². The molecule has 0 saturated carbocycles. The van der Waals surface area contributed by atoms with Gasteiger partial charge in [-0.05, 0) is 73.7 Å². The molecule has 2 amide bonds. The van der Waals surface area contributed by atoms with Gasteiger partial charge >= 0.3 is 6.03 Å². The van der Waals surface area contributed by atoms with Crippen LogP contribution in [0.25, 0.3) is 0 Å². The molecule has 30 heavy (non-hydrogen) atoms. The molecular formula is C24H30FN3O2. The third-order valence-electron chi connectivity index (χ3n) is 6.15. The van der Waals surface area contributed by atoms with Crippen LogP contribution in [-0.2, 0) is 13.1 Å². The molecule has 2 aromatic rings. The Balaban J connectivity index is 1.08. The number of nitrogens with zero attached hydrogens (tertiary/aromatic N) is 2. The first-order chi connectivity index (χ1) is 14.7. The fraction of sp³-hybridized carbons (Fsp3) is 0.458. The number of rotatable bonds is 7. The molecule has 0 spiro atoms. The molecule has 2 aromatic carbocycles. The van der Waals surface area contributed by atoms with Crippen LogP contribution < -0.4 is 10.1 Å². The summed E-state index contributed by atoms with van der Waals surface area (Å²) in [6.45, 7) is 5.78. The van der Waals surface area contributed by atoms with Gasteiger partial charge in [0.05, 0.1) is 6.61 Å². The monoisotopic (exact) mass is 411 g/mol. The lowest BCUT2D eigenvalue weighted by Crippen LogP contribution is -2.43. The lowest BCUT2D eigenvalue weighted by atomic mass is 9.94. The van der Waals surface area contributed by atoms with Crippen molar-refractivity contribution in [3.8, 4) is 5.75 Å². The van der Waals surface area contributed by atoms with E-state index in [9.17, 15) is 9.18 Å². The molecule has 1 fully saturated rings. The van der Waals surface area contributed by atoms with Crippen LogP contribution >= 0.6 is 0 Å². The van der Waals surface area contributed by atoms with Gasteiger partial charge in [0.1, 0.15) is 11.6 Å². The topological polar surface area (TPSA) is 44.8 Å². The van der Waals surface area contributed by atoms with Crippen molar-refractivity contribution in [2.45, 2.75) is 32.4 Å². The Hall–Kier alpha value is -2.60. The van der Waals surface area contributed by atoms with Gasteiger partial charge in [-0.3, -0.25) is 0 Å². The third kappa shape index (κ3) is 5.51. The molecule has 0 aliphatic carbocycles. The third-order valence-corrected chi connectivity index (χ3v) is 6.15. The highest BCUT2D eigenvalue weighted by atomic mass is 19.1. The van der Waals surface area contributed by atoms with E-state index in [2.05, 4.69) is 22.3 Å². The number of halogens is 1. The maximum atomic E-state index is 12.9. The van der Waals surface area contributed by atoms with E-state index in [1.807, 2.05) is 17.0 Å². The average Bonchev–Trinajstić information content (AvgIpc) is 3.21. The summed E-state index contributed by atoms with van der Waals surface area (Å²) in [6, 6.07) is 14.5. The van der Waals surface area contributed by atoms with Crippen molar-refractivity contribution in [1.29, 1.82) is 0 Å². The predicted octanol–water partition coefficient (Wildman–Crippen LogP) is 4.03. The SMILES string of the molecule is O=C(NCCN1CCC(CCOc2ccc(F)cc2)CC1)N1Cc2ccccc2C1. The molecule has 5 nitrogen and oxygen atoms in total. The molecule has 0 aromatic heterocycles. The van der Waals surface area contributed by atoms with Crippen LogP contribution in [0, 0.1) is 11.7 Å². The number of nitrogens with one attached hydrogen (secondary N) is 1. The van der Waals surface area contributed by atoms with Crippen LogP contribution in [-0.4, -0.2) is 48.6 Å². The lowest BCUT2D eigenvalue weighted by Gasteiger charge is -2.32. The first-order valence-corrected chi connectivity index (χ1v) is 10.9. The summed E-state index contributed by atoms with van der Waals surface area (Å²) in [4.78, 5) is 16.7. The summed E-state index contributed by atoms with van der Waals surface area (Å²) >= 11 is 0. The highest BCUT2D eigenvalue weighted by molar-refractivity contribution is 5.75. The number of hydrogen-bond acceptors (Lipinski definition) is 3. The minimum absolute atomic E-state index is 0.0269. The highest BCUT2D eigenvalue weighted by Gasteiger charge is 2.23. The summed E-state index contributed by atoms with van der Waals surface area (Å²) in [5.74, 6) is 1.15. The summed E-state index contributed by atoms with van der Waals surface area (Å²) in [5, 5.41) is 3.07. The Kier molecular flexibility index (Phi) is 6.84. The normalized spacial score (nSPS) is 17.0. The largest absolute Gasteiger partial charge is 0.494 e. The van der Waals surface area contributed by atoms with Crippen LogP contribution in [0.1, 0.15) is 30.4 Å². The van der Waals surface area contributed by atoms with Gasteiger partial charge in [-0.1, -0.05) is 24.3 Å². The van der Waals surface area contributed by atoms with E-state index in [-0.39, 0.29) is 11.8 Å². The summed E-state index contributed by atoms with van der Waals surface area (Å²) in [6.07, 6.45) is 3.34. The van der Waals surface area contributed by atoms with E-state index in [4.69, 9.17) is 4.74 Å². The van der Waals surface area contributed by atoms with Gasteiger partial charge in [0, 0.05) is 26.2 Å². The van der Waals surface area contributed by atoms with E-state index in [1.54, 1.807) is 12.1 Å². The fourth-order valence-corrected chi connectivity index (χ4v) is 4.28. The second kappa shape index (κ2) is 9.94. The number of likely N-dealkylation sites (tertiary alicyclic amines) is 1. The molecule has 2 heterocycles. The first-order valence-electron chi connectivity index (χ1n) is 10.9. The maximum Gasteiger partial charge on any atom is 0.318 e. The van der Waals surface area contributed by atoms with Crippen LogP contribution in [0.15, 0.2) is 48.5 Å². The number of benzene rings is 2. The van der Waals surface area contributed by atoms with E-state index >= 15 is 0 Å². The van der Waals surface area contributed by atoms with E-state index in [0.29, 0.717) is 32.2 Å². The van der Waals surface area contributed by atoms with Crippen molar-refractivity contribution >= 4 is 6.03 Å². The molecule has 6 heteroatoms. The predicted molar refractivity (Wildman–Crippen MR) is 115 cm³/mol. The zero-order valence-corrected chi connectivity index (χ0v) is 17.4. The van der Waals surface area contributed by atoms with Gasteiger partial charge in [0.25, 0.3) is 0 Å². The Labute approximate surface area is 177 Å². The van der Waals surface area contributed by atoms with Gasteiger partial charge in [-0.15, -0.1) is 0 Å². The summed E-state index contributed by atoms with van der Waals surface area (Å²) in [7, 11) is 0. The molecule has 1 saturated heterocycles. The minimum atomic E-state index is -0.239. The summed E-state index contributed by atoms with van der Waals surface area (Å²) in [5.41, 5.74) is 2.50. The molecule has 2 aliphatic heterocycles. The number of ether oxygens (including phenoxy) is 1. The number of urea groups is 1. The van der Waals surface area contributed by atoms with Gasteiger partial charge < -0.3 is 19.9 Å². The quantitative estimate of drug-likeness (QED) is 0.748. The second-order valence-corrected chi connectivity index (χ2v) is 8.23. The van der Waals surface area contributed by atoms with Crippen LogP contribution in [0.3, 0.4) is 0 Å². The lowest BCUT2D eigenvalue weighted by molar-refractivity contribution is 0.161. The van der Waals surface area contributed by atoms with Gasteiger partial charge in [-0.25, -0.2) is 9.18 Å². The Morgan fingerprint density at radius 3 is 2.37 bits per heavy atom. The molecular weight excluding hydrogens is 381 g/mol. The number of carbonyl (C=O) groups is 1. The molecule has 0 atom stereocenters. The smallest absolute Gasteiger partial charge is 0.318 e. The van der Waals surface area contributed by atoms with Crippen LogP contribution in [0.5, 0.6) is 5.75 Å². The zero-order valence-electron chi connectivity index (χ0n) is 17.4. The molecule has 0 unspecified atom stereocenters. The van der Waals surface area contributed by atoms with E-state index < -0.39 is 0 Å². The average molecular weight is 412 g/mol. The fourth-order valence-electron chi connectivity index (χ4n) is 4.28. The van der Waals surface area contributed by atoms with Crippen molar-refractivity contribution in [2.24, 2.45) is 5.92 Å². The number of amides is 2. The Morgan fingerprint density at radius 1 is 1.03 bits per heavy atom. The maximum absolute atomic E-state index is 12.9. The number of carbonyl (C=O) groups excluding carboxylic acids is 1. The molecule has 0 radical (unpaired) electrons. The van der Waals surface area contributed by atoms with E-state index in [0.717, 1.165) is 44.6 Å². The molecule has 2 aliphatic rings. The van der Waals surface area contributed by atoms with Gasteiger partial charge in [0.2, 0.25) is 0 Å². The zero-order chi connectivity index (χ0) is 20.8. The highest BCUT2D eigenvalue weighted by Crippen LogP contribution is 2.23. The van der Waals surface area contributed by atoms with Crippen molar-refractivity contribution in [1.82, 2.24) is 15.1 Å². The van der Waals surface area contributed by atoms with Crippen LogP contribution in [0.4, 0.5) is 9.18 Å². The summed E-state index contributed by atoms with van der Waals surface area (Å²) < 4.78 is 18.6. The van der Waals surface area contributed by atoms with Gasteiger partial charge in [0.15, 0.2) is 0 Å². The number of piperidine rings is 1. The van der Waals surface area contributed by atoms with Crippen molar-refractivity contribution < 1.29 is 13.9 Å². The Morgan fingerprint density at radius 2 is 1.70 bits per heavy atom. The Bertz CT molecular complexity index is 810. The molecule has 160 valence electrons. The van der Waals surface area contributed by atoms with E-state index in [1.165, 1.54) is 23.3 Å². The molecule has 0 bridgehead atoms. The number of fused-ring (bicyclic) bond motifs is 1. The van der Waals surface area contributed by atoms with Crippen molar-refractivity contribution in [2.75, 3.05) is 32.8 Å². The molecule has 4 rings (SSSR count). The molecule has 1 N–H and O–H groups in total. The minimum Gasteiger partial charge on any atom is -0.494 e. The second-order valence-electron chi connectivity index (χ2n) is 8.23. The van der Waals surface area contributed by atoms with Gasteiger partial charge in [-0.2, -0.15) is 0 Å². The first kappa shape index (κ1) is 20.7. The standard InChI is InChI=1S/C24H30FN3O2/c25-22-5-7-23(8-6-22)30-16-11-19-9-13-27(14-10-19)15-12-26-24(29)28-17-20-3-1-2-4-21(20)18-28/h1-8,19H,9-18H2,(H,26,29). The number of hydrogen-bond donors (Lipinski definition) is 1.